The van der Waals surface area contributed by atoms with Crippen molar-refractivity contribution in [1.82, 2.24) is 5.32 Å². The molecule has 0 aliphatic heterocycles. The second-order valence-electron chi connectivity index (χ2n) is 10.4. The zero-order valence-electron chi connectivity index (χ0n) is 28.8. The van der Waals surface area contributed by atoms with Gasteiger partial charge in [-0.3, -0.25) is 4.79 Å². The van der Waals surface area contributed by atoms with Crippen LogP contribution in [0.1, 0.15) is 15.9 Å². The molecule has 3 N–H and O–H groups in total. The van der Waals surface area contributed by atoms with Crippen molar-refractivity contribution in [3.05, 3.63) is 59.7 Å². The van der Waals surface area contributed by atoms with Crippen molar-refractivity contribution in [1.29, 1.82) is 0 Å². The van der Waals surface area contributed by atoms with E-state index in [0.717, 1.165) is 12.1 Å². The minimum Gasteiger partial charge on any atom is -0.480 e. The molecule has 18 heteroatoms. The van der Waals surface area contributed by atoms with Gasteiger partial charge in [0.15, 0.2) is 0 Å². The molecule has 0 unspecified atom stereocenters. The van der Waals surface area contributed by atoms with Crippen molar-refractivity contribution < 1.29 is 75.3 Å². The van der Waals surface area contributed by atoms with E-state index in [-0.39, 0.29) is 50.8 Å². The molecule has 1 amide bonds. The van der Waals surface area contributed by atoms with Crippen molar-refractivity contribution in [2.45, 2.75) is 6.18 Å². The highest BCUT2D eigenvalue weighted by molar-refractivity contribution is 5.96. The third-order valence-corrected chi connectivity index (χ3v) is 6.34. The summed E-state index contributed by atoms with van der Waals surface area (Å²) in [6.07, 6.45) is -4.49. The van der Waals surface area contributed by atoms with Crippen LogP contribution >= 0.6 is 0 Å². The van der Waals surface area contributed by atoms with Crippen molar-refractivity contribution in [3.8, 4) is 0 Å². The number of halogens is 3. The molecule has 0 radical (unpaired) electrons. The number of amides is 1. The van der Waals surface area contributed by atoms with Crippen molar-refractivity contribution in [2.75, 3.05) is 124 Å². The number of alkyl halides is 3. The van der Waals surface area contributed by atoms with Crippen molar-refractivity contribution in [2.24, 2.45) is 0 Å². The number of esters is 1. The Morgan fingerprint density at radius 3 is 1.62 bits per heavy atom. The SMILES string of the molecule is O=C(O)COCC(=O)NCCOCCOCCOCCOCCOCCOCCOCCOC(=O)c1ccccc1Nc1cccc(C(F)(F)F)c1. The third kappa shape index (κ3) is 22.1. The smallest absolute Gasteiger partial charge is 0.416 e. The van der Waals surface area contributed by atoms with E-state index >= 15 is 0 Å². The number of benzene rings is 2. The molecule has 292 valence electrons. The van der Waals surface area contributed by atoms with Gasteiger partial charge in [0, 0.05) is 12.2 Å². The molecule has 0 fully saturated rings. The van der Waals surface area contributed by atoms with Crippen LogP contribution in [0.4, 0.5) is 24.5 Å². The zero-order valence-corrected chi connectivity index (χ0v) is 28.8. The average molecular weight is 749 g/mol. The van der Waals surface area contributed by atoms with Gasteiger partial charge in [-0.05, 0) is 30.3 Å². The van der Waals surface area contributed by atoms with Crippen molar-refractivity contribution >= 4 is 29.2 Å². The fourth-order valence-electron chi connectivity index (χ4n) is 3.94. The maximum absolute atomic E-state index is 13.0. The van der Waals surface area contributed by atoms with Crippen LogP contribution in [0.2, 0.25) is 0 Å². The van der Waals surface area contributed by atoms with E-state index in [4.69, 9.17) is 43.0 Å². The third-order valence-electron chi connectivity index (χ3n) is 6.34. The molecule has 0 atom stereocenters. The molecule has 2 rings (SSSR count). The number of carboxylic acid groups (broad SMARTS) is 1. The van der Waals surface area contributed by atoms with Gasteiger partial charge in [-0.15, -0.1) is 0 Å². The van der Waals surface area contributed by atoms with E-state index in [1.54, 1.807) is 18.2 Å². The molecule has 0 bridgehead atoms. The van der Waals surface area contributed by atoms with Crippen LogP contribution in [0.25, 0.3) is 0 Å². The van der Waals surface area contributed by atoms with Crippen LogP contribution < -0.4 is 10.6 Å². The van der Waals surface area contributed by atoms with Gasteiger partial charge in [-0.1, -0.05) is 18.2 Å². The second kappa shape index (κ2) is 27.7. The number of rotatable bonds is 31. The Kier molecular flexibility index (Phi) is 23.6. The monoisotopic (exact) mass is 748 g/mol. The van der Waals surface area contributed by atoms with Gasteiger partial charge in [0.1, 0.15) is 19.8 Å². The predicted molar refractivity (Wildman–Crippen MR) is 179 cm³/mol. The number of carboxylic acids is 1. The number of carbonyl (C=O) groups is 3. The number of carbonyl (C=O) groups excluding carboxylic acids is 2. The summed E-state index contributed by atoms with van der Waals surface area (Å²) in [5.41, 5.74) is -0.133. The second-order valence-corrected chi connectivity index (χ2v) is 10.4. The number of ether oxygens (including phenoxy) is 9. The molecule has 0 spiro atoms. The van der Waals surface area contributed by atoms with Gasteiger partial charge >= 0.3 is 18.1 Å². The fourth-order valence-corrected chi connectivity index (χ4v) is 3.94. The number of anilines is 2. The first kappa shape index (κ1) is 44.3. The van der Waals surface area contributed by atoms with E-state index in [1.165, 1.54) is 18.2 Å². The van der Waals surface area contributed by atoms with E-state index < -0.39 is 36.2 Å². The molecular weight excluding hydrogens is 701 g/mol. The molecule has 52 heavy (non-hydrogen) atoms. The highest BCUT2D eigenvalue weighted by Gasteiger charge is 2.30. The Labute approximate surface area is 299 Å². The molecule has 2 aromatic carbocycles. The van der Waals surface area contributed by atoms with Crippen LogP contribution in [0.15, 0.2) is 48.5 Å². The standard InChI is InChI=1S/C34H47F3N2O13/c35-34(36,37)27-4-3-5-28(24-27)39-30-7-2-1-6-29(30)33(43)52-23-22-50-21-20-49-19-18-48-17-16-47-15-14-46-13-12-45-11-10-44-9-8-38-31(40)25-51-26-32(41)42/h1-7,24,39H,8-23,25-26H2,(H,38,40)(H,41,42). The normalized spacial score (nSPS) is 11.4. The molecule has 0 saturated heterocycles. The number of para-hydroxylation sites is 1. The van der Waals surface area contributed by atoms with Crippen LogP contribution in [-0.2, 0) is 58.4 Å². The lowest BCUT2D eigenvalue weighted by Crippen LogP contribution is -2.31. The summed E-state index contributed by atoms with van der Waals surface area (Å²) in [7, 11) is 0. The highest BCUT2D eigenvalue weighted by atomic mass is 19.4. The van der Waals surface area contributed by atoms with E-state index in [0.29, 0.717) is 78.4 Å². The van der Waals surface area contributed by atoms with Crippen molar-refractivity contribution in [3.63, 3.8) is 0 Å². The topological polar surface area (TPSA) is 179 Å². The first-order valence-electron chi connectivity index (χ1n) is 16.5. The molecule has 15 nitrogen and oxygen atoms in total. The largest absolute Gasteiger partial charge is 0.480 e. The minimum atomic E-state index is -4.49. The maximum Gasteiger partial charge on any atom is 0.416 e. The van der Waals surface area contributed by atoms with Crippen LogP contribution in [0, 0.1) is 0 Å². The molecule has 0 aliphatic rings. The summed E-state index contributed by atoms with van der Waals surface area (Å²) in [4.78, 5) is 34.2. The number of aliphatic carboxylic acids is 1. The van der Waals surface area contributed by atoms with Gasteiger partial charge in [0.25, 0.3) is 0 Å². The molecular formula is C34H47F3N2O13. The number of hydrogen-bond donors (Lipinski definition) is 3. The van der Waals surface area contributed by atoms with Gasteiger partial charge in [-0.2, -0.15) is 13.2 Å². The van der Waals surface area contributed by atoms with Gasteiger partial charge in [0.2, 0.25) is 5.91 Å². The zero-order chi connectivity index (χ0) is 37.7. The molecule has 0 heterocycles. The molecule has 2 aromatic rings. The van der Waals surface area contributed by atoms with Gasteiger partial charge in [-0.25, -0.2) is 9.59 Å². The molecule has 0 aliphatic carbocycles. The molecule has 0 saturated carbocycles. The summed E-state index contributed by atoms with van der Waals surface area (Å²) in [5, 5.41) is 13.8. The summed E-state index contributed by atoms with van der Waals surface area (Å²) in [6.45, 7) is 4.32. The fraction of sp³-hybridized carbons (Fsp3) is 0.559. The Bertz CT molecular complexity index is 1290. The molecule has 0 aromatic heterocycles. The van der Waals surface area contributed by atoms with Crippen LogP contribution in [0.3, 0.4) is 0 Å². The summed E-state index contributed by atoms with van der Waals surface area (Å²) < 4.78 is 86.8. The Morgan fingerprint density at radius 2 is 1.10 bits per heavy atom. The van der Waals surface area contributed by atoms with E-state index in [9.17, 15) is 27.6 Å². The quantitative estimate of drug-likeness (QED) is 0.0757. The Morgan fingerprint density at radius 1 is 0.596 bits per heavy atom. The predicted octanol–water partition coefficient (Wildman–Crippen LogP) is 2.94. The highest BCUT2D eigenvalue weighted by Crippen LogP contribution is 2.32. The Balaban J connectivity index is 1.33. The number of hydrogen-bond acceptors (Lipinski definition) is 13. The van der Waals surface area contributed by atoms with Gasteiger partial charge < -0.3 is 58.4 Å². The summed E-state index contributed by atoms with van der Waals surface area (Å²) in [6, 6.07) is 11.1. The van der Waals surface area contributed by atoms with E-state index in [1.807, 2.05) is 0 Å². The number of nitrogens with one attached hydrogen (secondary N) is 2. The average Bonchev–Trinajstić information content (AvgIpc) is 3.11. The van der Waals surface area contributed by atoms with Crippen LogP contribution in [-0.4, -0.2) is 142 Å². The minimum absolute atomic E-state index is 0.0162. The first-order chi connectivity index (χ1) is 25.2. The van der Waals surface area contributed by atoms with Crippen LogP contribution in [0.5, 0.6) is 0 Å². The van der Waals surface area contributed by atoms with E-state index in [2.05, 4.69) is 15.4 Å². The van der Waals surface area contributed by atoms with Gasteiger partial charge in [0.05, 0.1) is 109 Å². The first-order valence-corrected chi connectivity index (χ1v) is 16.5. The Hall–Kier alpha value is -3.88. The summed E-state index contributed by atoms with van der Waals surface area (Å²) >= 11 is 0. The lowest BCUT2D eigenvalue weighted by molar-refractivity contribution is -0.143. The summed E-state index contributed by atoms with van der Waals surface area (Å²) in [5.74, 6) is -2.20. The lowest BCUT2D eigenvalue weighted by Gasteiger charge is -2.13. The lowest BCUT2D eigenvalue weighted by atomic mass is 10.1. The maximum atomic E-state index is 13.0.